The van der Waals surface area contributed by atoms with Gasteiger partial charge in [-0.05, 0) is 21.5 Å². The molecule has 17 heavy (non-hydrogen) atoms. The van der Waals surface area contributed by atoms with Gasteiger partial charge in [-0.1, -0.05) is 0 Å². The van der Waals surface area contributed by atoms with Crippen molar-refractivity contribution in [2.45, 2.75) is 0 Å². The maximum absolute atomic E-state index is 10.0. The molecule has 6 heteroatoms. The van der Waals surface area contributed by atoms with Gasteiger partial charge in [-0.25, -0.2) is 9.97 Å². The molecule has 0 spiro atoms. The summed E-state index contributed by atoms with van der Waals surface area (Å²) in [4.78, 5) is 8.14. The normalized spacial score (nSPS) is 10.8. The molecule has 3 aromatic rings. The number of pyridine rings is 2. The zero-order chi connectivity index (χ0) is 12.0. The average Bonchev–Trinajstić information content (AvgIpc) is 2.65. The van der Waals surface area contributed by atoms with Crippen molar-refractivity contribution in [2.75, 3.05) is 0 Å². The Kier molecular flexibility index (Phi) is 2.01. The number of nitriles is 1. The van der Waals surface area contributed by atoms with Gasteiger partial charge in [0.1, 0.15) is 11.7 Å². The van der Waals surface area contributed by atoms with E-state index in [1.165, 1.54) is 0 Å². The van der Waals surface area contributed by atoms with Crippen LogP contribution in [0.3, 0.4) is 0 Å². The minimum Gasteiger partial charge on any atom is -0.504 e. The van der Waals surface area contributed by atoms with Gasteiger partial charge in [-0.3, -0.25) is 0 Å². The molecular formula is C11H7N4OP. The van der Waals surface area contributed by atoms with Crippen LogP contribution in [0.25, 0.3) is 21.9 Å². The van der Waals surface area contributed by atoms with E-state index >= 15 is 0 Å². The SMILES string of the molecule is N#Cc1ncc2c(c1O)c1cccnc1n2P. The fourth-order valence-corrected chi connectivity index (χ4v) is 2.32. The lowest BCUT2D eigenvalue weighted by Gasteiger charge is -1.98. The Balaban J connectivity index is 2.65. The predicted octanol–water partition coefficient (Wildman–Crippen LogP) is 1.80. The Bertz CT molecular complexity index is 787. The van der Waals surface area contributed by atoms with Crippen molar-refractivity contribution in [1.82, 2.24) is 14.3 Å². The maximum atomic E-state index is 10.0. The van der Waals surface area contributed by atoms with Crippen LogP contribution in [-0.2, 0) is 0 Å². The molecule has 1 atom stereocenters. The second kappa shape index (κ2) is 3.41. The summed E-state index contributed by atoms with van der Waals surface area (Å²) in [5.41, 5.74) is 1.47. The summed E-state index contributed by atoms with van der Waals surface area (Å²) >= 11 is 0. The van der Waals surface area contributed by atoms with E-state index in [0.29, 0.717) is 5.39 Å². The number of hydrogen-bond donors (Lipinski definition) is 1. The van der Waals surface area contributed by atoms with Gasteiger partial charge in [-0.15, -0.1) is 0 Å². The van der Waals surface area contributed by atoms with E-state index in [0.717, 1.165) is 16.6 Å². The zero-order valence-corrected chi connectivity index (χ0v) is 9.78. The molecule has 0 aliphatic rings. The van der Waals surface area contributed by atoms with Crippen molar-refractivity contribution in [3.8, 4) is 11.8 Å². The van der Waals surface area contributed by atoms with Gasteiger partial charge in [0.2, 0.25) is 0 Å². The Hall–Kier alpha value is -2.18. The van der Waals surface area contributed by atoms with Gasteiger partial charge in [0.05, 0.1) is 17.1 Å². The molecule has 0 radical (unpaired) electrons. The van der Waals surface area contributed by atoms with E-state index in [1.807, 2.05) is 12.1 Å². The number of aromatic hydroxyl groups is 1. The topological polar surface area (TPSA) is 74.7 Å². The smallest absolute Gasteiger partial charge is 0.183 e. The van der Waals surface area contributed by atoms with Crippen LogP contribution < -0.4 is 0 Å². The maximum Gasteiger partial charge on any atom is 0.183 e. The number of nitrogens with zero attached hydrogens (tertiary/aromatic N) is 4. The molecular weight excluding hydrogens is 235 g/mol. The molecule has 5 nitrogen and oxygen atoms in total. The number of hydrogen-bond acceptors (Lipinski definition) is 4. The Labute approximate surface area is 98.6 Å². The van der Waals surface area contributed by atoms with Crippen LogP contribution >= 0.6 is 9.39 Å². The Morgan fingerprint density at radius 3 is 3.00 bits per heavy atom. The number of rotatable bonds is 0. The molecule has 82 valence electrons. The molecule has 3 rings (SSSR count). The fraction of sp³-hybridized carbons (Fsp3) is 0. The molecule has 0 aromatic carbocycles. The zero-order valence-electron chi connectivity index (χ0n) is 8.62. The quantitative estimate of drug-likeness (QED) is 0.610. The first-order chi connectivity index (χ1) is 8.24. The highest BCUT2D eigenvalue weighted by Gasteiger charge is 2.15. The molecule has 0 amide bonds. The summed E-state index contributed by atoms with van der Waals surface area (Å²) in [6, 6.07) is 5.51. The molecule has 0 saturated carbocycles. The molecule has 3 heterocycles. The fourth-order valence-electron chi connectivity index (χ4n) is 1.92. The molecule has 0 saturated heterocycles. The summed E-state index contributed by atoms with van der Waals surface area (Å²) in [6.07, 6.45) is 3.24. The molecule has 3 aromatic heterocycles. The van der Waals surface area contributed by atoms with E-state index in [2.05, 4.69) is 19.4 Å². The first-order valence-corrected chi connectivity index (χ1v) is 5.38. The lowest BCUT2D eigenvalue weighted by molar-refractivity contribution is 0.477. The van der Waals surface area contributed by atoms with Crippen molar-refractivity contribution in [3.63, 3.8) is 0 Å². The number of fused-ring (bicyclic) bond motifs is 3. The summed E-state index contributed by atoms with van der Waals surface area (Å²) in [7, 11) is 2.52. The summed E-state index contributed by atoms with van der Waals surface area (Å²) < 4.78 is 1.76. The van der Waals surface area contributed by atoms with Crippen LogP contribution in [-0.4, -0.2) is 19.4 Å². The molecule has 1 unspecified atom stereocenters. The third kappa shape index (κ3) is 1.22. The lowest BCUT2D eigenvalue weighted by Crippen LogP contribution is -1.85. The van der Waals surface area contributed by atoms with Crippen LogP contribution in [0.2, 0.25) is 0 Å². The van der Waals surface area contributed by atoms with E-state index in [9.17, 15) is 5.11 Å². The standard InChI is InChI=1S/C11H7N4OP/c12-4-7-10(16)9-6-2-1-3-13-11(6)15(17)8(9)5-14-7/h1-3,5,16H,17H2. The van der Waals surface area contributed by atoms with Gasteiger partial charge >= 0.3 is 0 Å². The Morgan fingerprint density at radius 1 is 1.41 bits per heavy atom. The minimum absolute atomic E-state index is 0.0267. The number of aromatic nitrogens is 3. The molecule has 0 aliphatic heterocycles. The summed E-state index contributed by atoms with van der Waals surface area (Å²) in [5, 5.41) is 20.3. The van der Waals surface area contributed by atoms with Crippen molar-refractivity contribution in [3.05, 3.63) is 30.2 Å². The average molecular weight is 242 g/mol. The molecule has 1 N–H and O–H groups in total. The third-order valence-corrected chi connectivity index (χ3v) is 3.21. The third-order valence-electron chi connectivity index (χ3n) is 2.68. The van der Waals surface area contributed by atoms with Crippen molar-refractivity contribution in [1.29, 1.82) is 5.26 Å². The second-order valence-corrected chi connectivity index (χ2v) is 4.09. The highest BCUT2D eigenvalue weighted by molar-refractivity contribution is 7.15. The van der Waals surface area contributed by atoms with Crippen LogP contribution in [0.1, 0.15) is 5.69 Å². The largest absolute Gasteiger partial charge is 0.504 e. The molecule has 0 bridgehead atoms. The van der Waals surface area contributed by atoms with Gasteiger partial charge in [0, 0.05) is 11.6 Å². The van der Waals surface area contributed by atoms with Crippen LogP contribution in [0, 0.1) is 11.3 Å². The van der Waals surface area contributed by atoms with Crippen molar-refractivity contribution in [2.24, 2.45) is 0 Å². The van der Waals surface area contributed by atoms with Gasteiger partial charge < -0.3 is 9.44 Å². The second-order valence-electron chi connectivity index (χ2n) is 3.57. The van der Waals surface area contributed by atoms with Crippen LogP contribution in [0.15, 0.2) is 24.5 Å². The van der Waals surface area contributed by atoms with Crippen molar-refractivity contribution < 1.29 is 5.11 Å². The predicted molar refractivity (Wildman–Crippen MR) is 66.5 cm³/mol. The van der Waals surface area contributed by atoms with Gasteiger partial charge in [0.15, 0.2) is 11.4 Å². The van der Waals surface area contributed by atoms with Gasteiger partial charge in [0.25, 0.3) is 0 Å². The Morgan fingerprint density at radius 2 is 2.24 bits per heavy atom. The lowest BCUT2D eigenvalue weighted by atomic mass is 10.2. The van der Waals surface area contributed by atoms with E-state index in [4.69, 9.17) is 5.26 Å². The summed E-state index contributed by atoms with van der Waals surface area (Å²) in [5.74, 6) is -0.0933. The van der Waals surface area contributed by atoms with Crippen LogP contribution in [0.5, 0.6) is 5.75 Å². The highest BCUT2D eigenvalue weighted by atomic mass is 31.0. The molecule has 0 aliphatic carbocycles. The first-order valence-electron chi connectivity index (χ1n) is 4.86. The first kappa shape index (κ1) is 10.0. The monoisotopic (exact) mass is 242 g/mol. The van der Waals surface area contributed by atoms with Crippen LogP contribution in [0.4, 0.5) is 0 Å². The van der Waals surface area contributed by atoms with E-state index in [1.54, 1.807) is 22.8 Å². The minimum atomic E-state index is -0.0933. The molecule has 0 fully saturated rings. The summed E-state index contributed by atoms with van der Waals surface area (Å²) in [6.45, 7) is 0. The highest BCUT2D eigenvalue weighted by Crippen LogP contribution is 2.35. The van der Waals surface area contributed by atoms with E-state index < -0.39 is 0 Å². The van der Waals surface area contributed by atoms with Crippen molar-refractivity contribution >= 4 is 31.3 Å². The van der Waals surface area contributed by atoms with E-state index in [-0.39, 0.29) is 11.4 Å². The van der Waals surface area contributed by atoms with Gasteiger partial charge in [-0.2, -0.15) is 5.26 Å².